The Kier molecular flexibility index (Phi) is 3.31. The van der Waals surface area contributed by atoms with Crippen LogP contribution in [0, 0.1) is 0 Å². The third-order valence-corrected chi connectivity index (χ3v) is 3.41. The van der Waals surface area contributed by atoms with E-state index in [2.05, 4.69) is 42.2 Å². The maximum Gasteiger partial charge on any atom is 0.193 e. The van der Waals surface area contributed by atoms with Gasteiger partial charge in [-0.05, 0) is 56.8 Å². The molecule has 0 atom stereocenters. The molecular weight excluding hydrogens is 322 g/mol. The molecule has 5 heteroatoms. The van der Waals surface area contributed by atoms with Gasteiger partial charge in [-0.3, -0.25) is 0 Å². The summed E-state index contributed by atoms with van der Waals surface area (Å²) in [5, 5.41) is 3.08. The Labute approximate surface area is 105 Å². The molecule has 1 fully saturated rings. The number of benzene rings is 1. The fraction of sp³-hybridized carbons (Fsp3) is 0.300. The van der Waals surface area contributed by atoms with E-state index in [0.29, 0.717) is 12.0 Å². The van der Waals surface area contributed by atoms with Crippen LogP contribution in [-0.2, 0) is 0 Å². The van der Waals surface area contributed by atoms with Gasteiger partial charge in [0.05, 0.1) is 11.7 Å². The molecule has 15 heavy (non-hydrogen) atoms. The highest BCUT2D eigenvalue weighted by Gasteiger charge is 2.20. The first-order chi connectivity index (χ1) is 7.16. The summed E-state index contributed by atoms with van der Waals surface area (Å²) in [4.78, 5) is 4.31. The van der Waals surface area contributed by atoms with E-state index in [9.17, 15) is 0 Å². The molecule has 0 spiro atoms. The van der Waals surface area contributed by atoms with E-state index in [-0.39, 0.29) is 0 Å². The Morgan fingerprint density at radius 3 is 2.47 bits per heavy atom. The predicted molar refractivity (Wildman–Crippen MR) is 70.1 cm³/mol. The van der Waals surface area contributed by atoms with Crippen LogP contribution in [-0.4, -0.2) is 12.0 Å². The zero-order chi connectivity index (χ0) is 10.8. The van der Waals surface area contributed by atoms with Crippen molar-refractivity contribution in [3.05, 3.63) is 27.1 Å². The summed E-state index contributed by atoms with van der Waals surface area (Å²) < 4.78 is 1.93. The van der Waals surface area contributed by atoms with Crippen molar-refractivity contribution in [2.24, 2.45) is 10.7 Å². The van der Waals surface area contributed by atoms with Crippen molar-refractivity contribution in [3.8, 4) is 0 Å². The molecule has 3 N–H and O–H groups in total. The number of guanidine groups is 1. The minimum Gasteiger partial charge on any atom is -0.370 e. The fourth-order valence-electron chi connectivity index (χ4n) is 1.18. The predicted octanol–water partition coefficient (Wildman–Crippen LogP) is 3.10. The van der Waals surface area contributed by atoms with Crippen LogP contribution in [0.4, 0.5) is 5.69 Å². The highest BCUT2D eigenvalue weighted by molar-refractivity contribution is 9.11. The number of halogens is 2. The van der Waals surface area contributed by atoms with Crippen molar-refractivity contribution in [1.29, 1.82) is 0 Å². The molecule has 0 amide bonds. The van der Waals surface area contributed by atoms with Crippen molar-refractivity contribution in [3.63, 3.8) is 0 Å². The van der Waals surface area contributed by atoms with Crippen molar-refractivity contribution in [1.82, 2.24) is 0 Å². The molecule has 0 radical (unpaired) electrons. The van der Waals surface area contributed by atoms with E-state index in [1.807, 2.05) is 18.2 Å². The molecule has 0 saturated heterocycles. The number of para-hydroxylation sites is 1. The molecule has 1 aliphatic carbocycles. The first kappa shape index (κ1) is 11.0. The largest absolute Gasteiger partial charge is 0.370 e. The topological polar surface area (TPSA) is 50.4 Å². The third-order valence-electron chi connectivity index (χ3n) is 2.08. The second-order valence-electron chi connectivity index (χ2n) is 3.47. The van der Waals surface area contributed by atoms with Gasteiger partial charge >= 0.3 is 0 Å². The van der Waals surface area contributed by atoms with Crippen LogP contribution in [0.1, 0.15) is 12.8 Å². The fourth-order valence-corrected chi connectivity index (χ4v) is 2.37. The van der Waals surface area contributed by atoms with Gasteiger partial charge in [0, 0.05) is 8.95 Å². The molecule has 0 unspecified atom stereocenters. The number of aliphatic imine (C=N–C) groups is 1. The Morgan fingerprint density at radius 2 is 1.93 bits per heavy atom. The zero-order valence-corrected chi connectivity index (χ0v) is 11.2. The lowest BCUT2D eigenvalue weighted by molar-refractivity contribution is 1.06. The molecule has 1 aliphatic rings. The number of rotatable bonds is 2. The summed E-state index contributed by atoms with van der Waals surface area (Å²) in [6.45, 7) is 0. The zero-order valence-electron chi connectivity index (χ0n) is 8.00. The number of hydrogen-bond donors (Lipinski definition) is 2. The van der Waals surface area contributed by atoms with Crippen LogP contribution in [0.3, 0.4) is 0 Å². The average molecular weight is 333 g/mol. The molecule has 0 bridgehead atoms. The van der Waals surface area contributed by atoms with Gasteiger partial charge in [-0.1, -0.05) is 6.07 Å². The molecule has 1 aromatic carbocycles. The summed E-state index contributed by atoms with van der Waals surface area (Å²) in [7, 11) is 0. The second kappa shape index (κ2) is 4.53. The normalized spacial score (nSPS) is 16.5. The van der Waals surface area contributed by atoms with Crippen LogP contribution in [0.2, 0.25) is 0 Å². The highest BCUT2D eigenvalue weighted by atomic mass is 79.9. The first-order valence-corrected chi connectivity index (χ1v) is 6.29. The van der Waals surface area contributed by atoms with Crippen LogP contribution in [0.15, 0.2) is 32.1 Å². The quantitative estimate of drug-likeness (QED) is 0.646. The SMILES string of the molecule is NC(=NC1CC1)Nc1c(Br)cccc1Br. The first-order valence-electron chi connectivity index (χ1n) is 4.71. The minimum absolute atomic E-state index is 0.429. The molecule has 1 aromatic rings. The van der Waals surface area contributed by atoms with E-state index >= 15 is 0 Å². The van der Waals surface area contributed by atoms with E-state index in [4.69, 9.17) is 5.73 Å². The molecule has 2 rings (SSSR count). The number of nitrogens with two attached hydrogens (primary N) is 1. The Bertz CT molecular complexity index is 379. The summed E-state index contributed by atoms with van der Waals surface area (Å²) in [6.07, 6.45) is 2.30. The smallest absolute Gasteiger partial charge is 0.193 e. The van der Waals surface area contributed by atoms with E-state index in [1.54, 1.807) is 0 Å². The van der Waals surface area contributed by atoms with Crippen LogP contribution in [0.5, 0.6) is 0 Å². The van der Waals surface area contributed by atoms with Crippen molar-refractivity contribution < 1.29 is 0 Å². The van der Waals surface area contributed by atoms with E-state index in [1.165, 1.54) is 0 Å². The van der Waals surface area contributed by atoms with Gasteiger partial charge in [0.25, 0.3) is 0 Å². The van der Waals surface area contributed by atoms with Gasteiger partial charge < -0.3 is 11.1 Å². The lowest BCUT2D eigenvalue weighted by Crippen LogP contribution is -2.23. The monoisotopic (exact) mass is 331 g/mol. The van der Waals surface area contributed by atoms with Crippen LogP contribution >= 0.6 is 31.9 Å². The summed E-state index contributed by atoms with van der Waals surface area (Å²) in [6, 6.07) is 6.29. The van der Waals surface area contributed by atoms with Crippen molar-refractivity contribution >= 4 is 43.5 Å². The molecule has 80 valence electrons. The molecule has 0 aliphatic heterocycles. The summed E-state index contributed by atoms with van der Waals surface area (Å²) in [5.41, 5.74) is 6.70. The molecular formula is C10H11Br2N3. The van der Waals surface area contributed by atoms with E-state index < -0.39 is 0 Å². The van der Waals surface area contributed by atoms with Gasteiger partial charge in [0.1, 0.15) is 0 Å². The van der Waals surface area contributed by atoms with Crippen LogP contribution < -0.4 is 11.1 Å². The van der Waals surface area contributed by atoms with Gasteiger partial charge in [0.15, 0.2) is 5.96 Å². The third kappa shape index (κ3) is 2.95. The maximum atomic E-state index is 5.78. The summed E-state index contributed by atoms with van der Waals surface area (Å²) in [5.74, 6) is 0.477. The Hall–Kier alpha value is -0.550. The number of hydrogen-bond acceptors (Lipinski definition) is 1. The van der Waals surface area contributed by atoms with Gasteiger partial charge in [-0.2, -0.15) is 0 Å². The Balaban J connectivity index is 2.15. The summed E-state index contributed by atoms with van der Waals surface area (Å²) >= 11 is 6.91. The molecule has 0 heterocycles. The van der Waals surface area contributed by atoms with Gasteiger partial charge in [-0.25, -0.2) is 4.99 Å². The second-order valence-corrected chi connectivity index (χ2v) is 5.18. The van der Waals surface area contributed by atoms with Crippen molar-refractivity contribution in [2.45, 2.75) is 18.9 Å². The highest BCUT2D eigenvalue weighted by Crippen LogP contribution is 2.30. The number of anilines is 1. The number of nitrogens with one attached hydrogen (secondary N) is 1. The van der Waals surface area contributed by atoms with Gasteiger partial charge in [0.2, 0.25) is 0 Å². The lowest BCUT2D eigenvalue weighted by atomic mass is 10.3. The van der Waals surface area contributed by atoms with Crippen LogP contribution in [0.25, 0.3) is 0 Å². The van der Waals surface area contributed by atoms with E-state index in [0.717, 1.165) is 27.5 Å². The molecule has 3 nitrogen and oxygen atoms in total. The molecule has 1 saturated carbocycles. The maximum absolute atomic E-state index is 5.78. The van der Waals surface area contributed by atoms with Gasteiger partial charge in [-0.15, -0.1) is 0 Å². The Morgan fingerprint density at radius 1 is 1.33 bits per heavy atom. The minimum atomic E-state index is 0.429. The van der Waals surface area contributed by atoms with Crippen molar-refractivity contribution in [2.75, 3.05) is 5.32 Å². The molecule has 0 aromatic heterocycles. The average Bonchev–Trinajstić information content (AvgIpc) is 2.95. The standard InChI is InChI=1S/C10H11Br2N3/c11-7-2-1-3-8(12)9(7)15-10(13)14-6-4-5-6/h1-3,6H,4-5H2,(H3,13,14,15). The lowest BCUT2D eigenvalue weighted by Gasteiger charge is -2.09. The number of nitrogens with zero attached hydrogens (tertiary/aromatic N) is 1.